The molecule has 1 aromatic rings. The molecule has 1 aromatic carbocycles. The minimum Gasteiger partial charge on any atom is -0.376 e. The van der Waals surface area contributed by atoms with Crippen molar-refractivity contribution < 1.29 is 13.2 Å². The molecule has 0 aromatic heterocycles. The standard InChI is InChI=1S/C14H23N3O3S/c1-10(2)16-14(18)9-15-12-5-7-13(8-6-12)21(19,20)17-11(3)4/h5-8,10-11,15,17H,9H2,1-4H3,(H,16,18). The number of rotatable bonds is 7. The Kier molecular flexibility index (Phi) is 6.17. The Morgan fingerprint density at radius 2 is 1.62 bits per heavy atom. The van der Waals surface area contributed by atoms with Gasteiger partial charge in [-0.2, -0.15) is 0 Å². The third-order valence-electron chi connectivity index (χ3n) is 2.46. The van der Waals surface area contributed by atoms with Crippen LogP contribution in [0, 0.1) is 0 Å². The van der Waals surface area contributed by atoms with E-state index in [2.05, 4.69) is 15.4 Å². The fraction of sp³-hybridized carbons (Fsp3) is 0.500. The lowest BCUT2D eigenvalue weighted by Crippen LogP contribution is -2.34. The van der Waals surface area contributed by atoms with Crippen molar-refractivity contribution in [2.75, 3.05) is 11.9 Å². The molecule has 0 aliphatic rings. The number of benzene rings is 1. The van der Waals surface area contributed by atoms with Gasteiger partial charge in [0.05, 0.1) is 11.4 Å². The van der Waals surface area contributed by atoms with E-state index < -0.39 is 10.0 Å². The summed E-state index contributed by atoms with van der Waals surface area (Å²) in [5.74, 6) is -0.108. The molecule has 0 saturated heterocycles. The SMILES string of the molecule is CC(C)NC(=O)CNc1ccc(S(=O)(=O)NC(C)C)cc1. The van der Waals surface area contributed by atoms with Gasteiger partial charge in [-0.15, -0.1) is 0 Å². The number of carbonyl (C=O) groups is 1. The highest BCUT2D eigenvalue weighted by molar-refractivity contribution is 7.89. The van der Waals surface area contributed by atoms with Crippen LogP contribution in [0.15, 0.2) is 29.2 Å². The third kappa shape index (κ3) is 6.14. The molecule has 3 N–H and O–H groups in total. The average Bonchev–Trinajstić information content (AvgIpc) is 2.34. The molecule has 1 amide bonds. The van der Waals surface area contributed by atoms with Gasteiger partial charge >= 0.3 is 0 Å². The van der Waals surface area contributed by atoms with E-state index in [1.165, 1.54) is 12.1 Å². The van der Waals surface area contributed by atoms with Crippen LogP contribution in [-0.4, -0.2) is 33.0 Å². The summed E-state index contributed by atoms with van der Waals surface area (Å²) in [4.78, 5) is 11.7. The van der Waals surface area contributed by atoms with Gasteiger partial charge in [0, 0.05) is 17.8 Å². The molecule has 0 unspecified atom stereocenters. The maximum Gasteiger partial charge on any atom is 0.240 e. The maximum atomic E-state index is 11.9. The molecule has 0 heterocycles. The van der Waals surface area contributed by atoms with Crippen LogP contribution in [0.3, 0.4) is 0 Å². The lowest BCUT2D eigenvalue weighted by Gasteiger charge is -2.12. The normalized spacial score (nSPS) is 11.7. The van der Waals surface area contributed by atoms with E-state index in [-0.39, 0.29) is 29.4 Å². The molecule has 0 saturated carbocycles. The summed E-state index contributed by atoms with van der Waals surface area (Å²) >= 11 is 0. The van der Waals surface area contributed by atoms with Crippen LogP contribution in [0.25, 0.3) is 0 Å². The number of hydrogen-bond acceptors (Lipinski definition) is 4. The smallest absolute Gasteiger partial charge is 0.240 e. The summed E-state index contributed by atoms with van der Waals surface area (Å²) in [6.45, 7) is 7.45. The van der Waals surface area contributed by atoms with Gasteiger partial charge in [0.1, 0.15) is 0 Å². The lowest BCUT2D eigenvalue weighted by atomic mass is 10.3. The van der Waals surface area contributed by atoms with E-state index in [9.17, 15) is 13.2 Å². The Balaban J connectivity index is 2.64. The van der Waals surface area contributed by atoms with E-state index >= 15 is 0 Å². The van der Waals surface area contributed by atoms with Crippen LogP contribution in [0.1, 0.15) is 27.7 Å². The van der Waals surface area contributed by atoms with E-state index in [1.807, 2.05) is 13.8 Å². The number of amides is 1. The first-order valence-electron chi connectivity index (χ1n) is 6.86. The highest BCUT2D eigenvalue weighted by Crippen LogP contribution is 2.14. The highest BCUT2D eigenvalue weighted by Gasteiger charge is 2.14. The highest BCUT2D eigenvalue weighted by atomic mass is 32.2. The predicted octanol–water partition coefficient (Wildman–Crippen LogP) is 1.31. The summed E-state index contributed by atoms with van der Waals surface area (Å²) in [6.07, 6.45) is 0. The van der Waals surface area contributed by atoms with Crippen molar-refractivity contribution in [2.24, 2.45) is 0 Å². The first-order valence-corrected chi connectivity index (χ1v) is 8.34. The second-order valence-corrected chi connectivity index (χ2v) is 7.09. The van der Waals surface area contributed by atoms with E-state index in [1.54, 1.807) is 26.0 Å². The van der Waals surface area contributed by atoms with Gasteiger partial charge in [-0.25, -0.2) is 13.1 Å². The molecular weight excluding hydrogens is 290 g/mol. The van der Waals surface area contributed by atoms with Crippen LogP contribution < -0.4 is 15.4 Å². The molecule has 0 fully saturated rings. The summed E-state index contributed by atoms with van der Waals surface area (Å²) in [5, 5.41) is 5.70. The number of anilines is 1. The quantitative estimate of drug-likeness (QED) is 0.708. The van der Waals surface area contributed by atoms with Crippen LogP contribution in [0.2, 0.25) is 0 Å². The zero-order valence-electron chi connectivity index (χ0n) is 12.8. The molecule has 0 spiro atoms. The minimum atomic E-state index is -3.48. The number of nitrogens with one attached hydrogen (secondary N) is 3. The summed E-state index contributed by atoms with van der Waals surface area (Å²) in [6, 6.07) is 6.22. The van der Waals surface area contributed by atoms with Crippen molar-refractivity contribution in [1.29, 1.82) is 0 Å². The van der Waals surface area contributed by atoms with Crippen molar-refractivity contribution in [2.45, 2.75) is 44.7 Å². The van der Waals surface area contributed by atoms with Gasteiger partial charge in [0.2, 0.25) is 15.9 Å². The molecule has 1 rings (SSSR count). The Labute approximate surface area is 126 Å². The molecule has 7 heteroatoms. The van der Waals surface area contributed by atoms with Crippen molar-refractivity contribution in [1.82, 2.24) is 10.0 Å². The number of hydrogen-bond donors (Lipinski definition) is 3. The third-order valence-corrected chi connectivity index (χ3v) is 4.13. The Morgan fingerprint density at radius 3 is 2.10 bits per heavy atom. The van der Waals surface area contributed by atoms with Crippen LogP contribution in [-0.2, 0) is 14.8 Å². The van der Waals surface area contributed by atoms with Crippen molar-refractivity contribution in [3.8, 4) is 0 Å². The molecular formula is C14H23N3O3S. The number of sulfonamides is 1. The second kappa shape index (κ2) is 7.42. The Bertz CT molecular complexity index is 566. The average molecular weight is 313 g/mol. The Hall–Kier alpha value is -1.60. The van der Waals surface area contributed by atoms with Crippen molar-refractivity contribution in [3.63, 3.8) is 0 Å². The number of carbonyl (C=O) groups excluding carboxylic acids is 1. The maximum absolute atomic E-state index is 11.9. The molecule has 21 heavy (non-hydrogen) atoms. The van der Waals surface area contributed by atoms with Crippen molar-refractivity contribution >= 4 is 21.6 Å². The predicted molar refractivity (Wildman–Crippen MR) is 83.7 cm³/mol. The van der Waals surface area contributed by atoms with Gasteiger partial charge in [0.15, 0.2) is 0 Å². The van der Waals surface area contributed by atoms with Gasteiger partial charge in [-0.1, -0.05) is 0 Å². The molecule has 6 nitrogen and oxygen atoms in total. The van der Waals surface area contributed by atoms with Gasteiger partial charge in [0.25, 0.3) is 0 Å². The van der Waals surface area contributed by atoms with E-state index in [0.717, 1.165) is 0 Å². The molecule has 0 bridgehead atoms. The fourth-order valence-corrected chi connectivity index (χ4v) is 2.94. The van der Waals surface area contributed by atoms with Crippen LogP contribution in [0.4, 0.5) is 5.69 Å². The molecule has 0 aliphatic heterocycles. The first-order chi connectivity index (χ1) is 9.70. The largest absolute Gasteiger partial charge is 0.376 e. The fourth-order valence-electron chi connectivity index (χ4n) is 1.69. The van der Waals surface area contributed by atoms with Crippen LogP contribution in [0.5, 0.6) is 0 Å². The van der Waals surface area contributed by atoms with Gasteiger partial charge < -0.3 is 10.6 Å². The lowest BCUT2D eigenvalue weighted by molar-refractivity contribution is -0.119. The Morgan fingerprint density at radius 1 is 1.05 bits per heavy atom. The van der Waals surface area contributed by atoms with Crippen molar-refractivity contribution in [3.05, 3.63) is 24.3 Å². The zero-order chi connectivity index (χ0) is 16.0. The summed E-state index contributed by atoms with van der Waals surface area (Å²) in [5.41, 5.74) is 0.692. The first kappa shape index (κ1) is 17.5. The van der Waals surface area contributed by atoms with E-state index in [4.69, 9.17) is 0 Å². The summed E-state index contributed by atoms with van der Waals surface area (Å²) < 4.78 is 26.4. The van der Waals surface area contributed by atoms with E-state index in [0.29, 0.717) is 5.69 Å². The minimum absolute atomic E-state index is 0.0916. The topological polar surface area (TPSA) is 87.3 Å². The summed E-state index contributed by atoms with van der Waals surface area (Å²) in [7, 11) is -3.48. The zero-order valence-corrected chi connectivity index (χ0v) is 13.6. The van der Waals surface area contributed by atoms with Gasteiger partial charge in [-0.05, 0) is 52.0 Å². The molecule has 0 radical (unpaired) electrons. The molecule has 0 aliphatic carbocycles. The van der Waals surface area contributed by atoms with Crippen LogP contribution >= 0.6 is 0 Å². The second-order valence-electron chi connectivity index (χ2n) is 5.38. The van der Waals surface area contributed by atoms with Gasteiger partial charge in [-0.3, -0.25) is 4.79 Å². The molecule has 118 valence electrons. The molecule has 0 atom stereocenters. The monoisotopic (exact) mass is 313 g/mol.